The lowest BCUT2D eigenvalue weighted by molar-refractivity contribution is -0.114. The molecule has 31 heavy (non-hydrogen) atoms. The molecule has 0 atom stereocenters. The van der Waals surface area contributed by atoms with Crippen LogP contribution in [0.1, 0.15) is 0 Å². The minimum Gasteiger partial charge on any atom is -0.495 e. The van der Waals surface area contributed by atoms with Crippen LogP contribution < -0.4 is 14.4 Å². The molecule has 3 aromatic rings. The first-order valence-corrected chi connectivity index (χ1v) is 11.1. The fourth-order valence-corrected chi connectivity index (χ4v) is 4.92. The number of benzene rings is 3. The van der Waals surface area contributed by atoms with Gasteiger partial charge in [-0.05, 0) is 42.5 Å². The van der Waals surface area contributed by atoms with E-state index in [1.54, 1.807) is 24.3 Å². The average molecular weight is 511 g/mol. The van der Waals surface area contributed by atoms with E-state index in [0.29, 0.717) is 4.47 Å². The summed E-state index contributed by atoms with van der Waals surface area (Å²) in [6.45, 7) is -0.726. The van der Waals surface area contributed by atoms with Crippen LogP contribution in [0.25, 0.3) is 0 Å². The standard InChI is InChI=1S/C21H17BrF2N2O4S/c1-30-18-11-10-14(22)12-19(18)31(28,29)26(15-6-3-2-4-7-15)13-20(27)25-21-16(23)8-5-9-17(21)24/h2-12H,13H2,1H3,(H,25,27). The molecule has 6 nitrogen and oxygen atoms in total. The maximum Gasteiger partial charge on any atom is 0.268 e. The smallest absolute Gasteiger partial charge is 0.268 e. The fourth-order valence-electron chi connectivity index (χ4n) is 2.81. The van der Waals surface area contributed by atoms with Gasteiger partial charge in [0.05, 0.1) is 12.8 Å². The van der Waals surface area contributed by atoms with E-state index < -0.39 is 39.8 Å². The molecule has 0 heterocycles. The first-order chi connectivity index (χ1) is 14.7. The lowest BCUT2D eigenvalue weighted by Crippen LogP contribution is -2.38. The van der Waals surface area contributed by atoms with E-state index in [1.807, 2.05) is 0 Å². The molecule has 0 aromatic heterocycles. The van der Waals surface area contributed by atoms with Crippen LogP contribution in [0.4, 0.5) is 20.2 Å². The SMILES string of the molecule is COc1ccc(Br)cc1S(=O)(=O)N(CC(=O)Nc1c(F)cccc1F)c1ccccc1. The molecule has 0 aliphatic heterocycles. The highest BCUT2D eigenvalue weighted by atomic mass is 79.9. The van der Waals surface area contributed by atoms with Gasteiger partial charge in [0.15, 0.2) is 0 Å². The molecule has 3 rings (SSSR count). The summed E-state index contributed by atoms with van der Waals surface area (Å²) in [6, 6.07) is 15.4. The highest BCUT2D eigenvalue weighted by Crippen LogP contribution is 2.32. The molecule has 0 aliphatic carbocycles. The molecule has 3 aromatic carbocycles. The van der Waals surface area contributed by atoms with Gasteiger partial charge >= 0.3 is 0 Å². The number of nitrogens with one attached hydrogen (secondary N) is 1. The van der Waals surface area contributed by atoms with Crippen molar-refractivity contribution in [2.45, 2.75) is 4.90 Å². The Labute approximate surface area is 186 Å². The van der Waals surface area contributed by atoms with Crippen molar-refractivity contribution >= 4 is 43.2 Å². The van der Waals surface area contributed by atoms with Crippen molar-refractivity contribution in [3.05, 3.63) is 82.8 Å². The number of nitrogens with zero attached hydrogens (tertiary/aromatic N) is 1. The predicted molar refractivity (Wildman–Crippen MR) is 117 cm³/mol. The Morgan fingerprint density at radius 2 is 1.68 bits per heavy atom. The summed E-state index contributed by atoms with van der Waals surface area (Å²) in [5.41, 5.74) is -0.466. The molecule has 1 amide bonds. The van der Waals surface area contributed by atoms with Crippen LogP contribution in [0.5, 0.6) is 5.75 Å². The molecule has 1 N–H and O–H groups in total. The Balaban J connectivity index is 2.02. The van der Waals surface area contributed by atoms with Crippen LogP contribution in [0, 0.1) is 11.6 Å². The molecule has 10 heteroatoms. The monoisotopic (exact) mass is 510 g/mol. The predicted octanol–water partition coefficient (Wildman–Crippen LogP) is 4.57. The van der Waals surface area contributed by atoms with E-state index in [-0.39, 0.29) is 16.3 Å². The number of carbonyl (C=O) groups excluding carboxylic acids is 1. The summed E-state index contributed by atoms with van der Waals surface area (Å²) in [7, 11) is -2.97. The van der Waals surface area contributed by atoms with Crippen LogP contribution in [0.2, 0.25) is 0 Å². The second kappa shape index (κ2) is 9.44. The summed E-state index contributed by atoms with van der Waals surface area (Å²) < 4.78 is 61.3. The number of anilines is 2. The van der Waals surface area contributed by atoms with Gasteiger partial charge in [-0.3, -0.25) is 9.10 Å². The Hall–Kier alpha value is -2.98. The summed E-state index contributed by atoms with van der Waals surface area (Å²) in [6.07, 6.45) is 0. The Morgan fingerprint density at radius 1 is 1.03 bits per heavy atom. The largest absolute Gasteiger partial charge is 0.495 e. The third kappa shape index (κ3) is 5.02. The summed E-state index contributed by atoms with van der Waals surface area (Å²) >= 11 is 3.23. The minimum absolute atomic E-state index is 0.0738. The van der Waals surface area contributed by atoms with E-state index in [0.717, 1.165) is 22.5 Å². The number of hydrogen-bond acceptors (Lipinski definition) is 4. The molecule has 0 aliphatic rings. The zero-order valence-corrected chi connectivity index (χ0v) is 18.6. The number of amides is 1. The second-order valence-electron chi connectivity index (χ2n) is 6.29. The van der Waals surface area contributed by atoms with Gasteiger partial charge in [0.25, 0.3) is 10.0 Å². The Morgan fingerprint density at radius 3 is 2.29 bits per heavy atom. The van der Waals surface area contributed by atoms with Crippen LogP contribution in [0.3, 0.4) is 0 Å². The summed E-state index contributed by atoms with van der Waals surface area (Å²) in [5, 5.41) is 2.11. The number of sulfonamides is 1. The molecule has 0 saturated heterocycles. The van der Waals surface area contributed by atoms with Gasteiger partial charge in [-0.25, -0.2) is 17.2 Å². The van der Waals surface area contributed by atoms with Crippen molar-refractivity contribution in [3.63, 3.8) is 0 Å². The number of para-hydroxylation sites is 2. The third-order valence-corrected chi connectivity index (χ3v) is 6.54. The number of halogens is 3. The topological polar surface area (TPSA) is 75.7 Å². The lowest BCUT2D eigenvalue weighted by atomic mass is 10.3. The van der Waals surface area contributed by atoms with Crippen LogP contribution in [-0.2, 0) is 14.8 Å². The number of ether oxygens (including phenoxy) is 1. The first kappa shape index (κ1) is 22.7. The van der Waals surface area contributed by atoms with E-state index in [2.05, 4.69) is 21.2 Å². The summed E-state index contributed by atoms with van der Waals surface area (Å²) in [5.74, 6) is -2.80. The lowest BCUT2D eigenvalue weighted by Gasteiger charge is -2.25. The van der Waals surface area contributed by atoms with Crippen molar-refractivity contribution in [3.8, 4) is 5.75 Å². The van der Waals surface area contributed by atoms with Crippen LogP contribution >= 0.6 is 15.9 Å². The fraction of sp³-hybridized carbons (Fsp3) is 0.0952. The van der Waals surface area contributed by atoms with Gasteiger partial charge in [-0.1, -0.05) is 40.2 Å². The number of hydrogen-bond donors (Lipinski definition) is 1. The molecule has 0 saturated carbocycles. The van der Waals surface area contributed by atoms with Crippen molar-refractivity contribution in [2.75, 3.05) is 23.3 Å². The maximum absolute atomic E-state index is 13.9. The van der Waals surface area contributed by atoms with Crippen molar-refractivity contribution in [1.29, 1.82) is 0 Å². The maximum atomic E-state index is 13.9. The molecule has 162 valence electrons. The molecule has 0 fully saturated rings. The number of rotatable bonds is 7. The molecule has 0 unspecified atom stereocenters. The highest BCUT2D eigenvalue weighted by Gasteiger charge is 2.30. The van der Waals surface area contributed by atoms with Gasteiger partial charge < -0.3 is 10.1 Å². The van der Waals surface area contributed by atoms with Crippen molar-refractivity contribution in [2.24, 2.45) is 0 Å². The molecule has 0 bridgehead atoms. The van der Waals surface area contributed by atoms with Crippen LogP contribution in [-0.4, -0.2) is 28.0 Å². The normalized spacial score (nSPS) is 11.1. The van der Waals surface area contributed by atoms with Gasteiger partial charge in [0, 0.05) is 4.47 Å². The average Bonchev–Trinajstić information content (AvgIpc) is 2.75. The van der Waals surface area contributed by atoms with Gasteiger partial charge in [0.2, 0.25) is 5.91 Å². The highest BCUT2D eigenvalue weighted by molar-refractivity contribution is 9.10. The van der Waals surface area contributed by atoms with E-state index in [1.165, 1.54) is 31.4 Å². The van der Waals surface area contributed by atoms with E-state index in [9.17, 15) is 22.0 Å². The van der Waals surface area contributed by atoms with Gasteiger partial charge in [-0.15, -0.1) is 0 Å². The zero-order chi connectivity index (χ0) is 22.6. The zero-order valence-electron chi connectivity index (χ0n) is 16.2. The number of carbonyl (C=O) groups is 1. The van der Waals surface area contributed by atoms with Gasteiger partial charge in [-0.2, -0.15) is 0 Å². The molecule has 0 radical (unpaired) electrons. The van der Waals surface area contributed by atoms with Crippen molar-refractivity contribution < 1.29 is 26.7 Å². The number of methoxy groups -OCH3 is 1. The van der Waals surface area contributed by atoms with Crippen molar-refractivity contribution in [1.82, 2.24) is 0 Å². The van der Waals surface area contributed by atoms with E-state index in [4.69, 9.17) is 4.74 Å². The quantitative estimate of drug-likeness (QED) is 0.505. The Kier molecular flexibility index (Phi) is 6.91. The minimum atomic E-state index is -4.30. The van der Waals surface area contributed by atoms with Crippen LogP contribution in [0.15, 0.2) is 76.1 Å². The summed E-state index contributed by atoms with van der Waals surface area (Å²) in [4.78, 5) is 12.4. The second-order valence-corrected chi connectivity index (χ2v) is 9.03. The molecular formula is C21H17BrF2N2O4S. The van der Waals surface area contributed by atoms with Gasteiger partial charge in [0.1, 0.15) is 34.5 Å². The van der Waals surface area contributed by atoms with E-state index >= 15 is 0 Å². The molecule has 0 spiro atoms. The third-order valence-electron chi connectivity index (χ3n) is 4.25. The first-order valence-electron chi connectivity index (χ1n) is 8.89. The molecular weight excluding hydrogens is 494 g/mol. The Bertz CT molecular complexity index is 1190.